The highest BCUT2D eigenvalue weighted by atomic mass is 32.1. The second kappa shape index (κ2) is 7.96. The maximum atomic E-state index is 13.5. The summed E-state index contributed by atoms with van der Waals surface area (Å²) >= 11 is 0.943. The van der Waals surface area contributed by atoms with Crippen LogP contribution in [0.4, 0.5) is 22.7 Å². The minimum Gasteiger partial charge on any atom is -0.302 e. The number of H-pyrrole nitrogens is 2. The Balaban J connectivity index is 1.55. The molecule has 0 spiro atoms. The highest BCUT2D eigenvalue weighted by Gasteiger charge is 2.34. The summed E-state index contributed by atoms with van der Waals surface area (Å²) in [5, 5.41) is 3.87. The third-order valence-corrected chi connectivity index (χ3v) is 5.02. The SMILES string of the molecule is O=C(Cc1ncnc2[nH]c(=O)[nH]c(=O)c12)Nc1nc(-c2ccc(F)c(C(F)(F)F)c2)cs1. The van der Waals surface area contributed by atoms with Gasteiger partial charge < -0.3 is 5.32 Å². The summed E-state index contributed by atoms with van der Waals surface area (Å²) in [6.45, 7) is 0. The Morgan fingerprint density at radius 2 is 1.94 bits per heavy atom. The number of fused-ring (bicyclic) bond motifs is 1. The number of nitrogens with zero attached hydrogens (tertiary/aromatic N) is 3. The molecule has 0 saturated carbocycles. The van der Waals surface area contributed by atoms with E-state index in [1.807, 2.05) is 4.98 Å². The summed E-state index contributed by atoms with van der Waals surface area (Å²) in [5.41, 5.74) is -2.81. The van der Waals surface area contributed by atoms with Gasteiger partial charge in [-0.2, -0.15) is 13.2 Å². The van der Waals surface area contributed by atoms with E-state index in [0.717, 1.165) is 23.7 Å². The van der Waals surface area contributed by atoms with Gasteiger partial charge in [0.2, 0.25) is 5.91 Å². The maximum Gasteiger partial charge on any atom is 0.419 e. The van der Waals surface area contributed by atoms with Gasteiger partial charge in [0.1, 0.15) is 17.5 Å². The van der Waals surface area contributed by atoms with Crippen molar-refractivity contribution in [2.45, 2.75) is 12.6 Å². The Kier molecular flexibility index (Phi) is 5.30. The molecule has 0 radical (unpaired) electrons. The van der Waals surface area contributed by atoms with Crippen LogP contribution in [0, 0.1) is 5.82 Å². The number of amides is 1. The Hall–Kier alpha value is -3.94. The second-order valence-corrected chi connectivity index (χ2v) is 7.27. The van der Waals surface area contributed by atoms with Crippen molar-refractivity contribution in [3.8, 4) is 11.3 Å². The zero-order valence-electron chi connectivity index (χ0n) is 15.6. The average Bonchev–Trinajstić information content (AvgIpc) is 3.15. The van der Waals surface area contributed by atoms with Crippen LogP contribution in [0.3, 0.4) is 0 Å². The van der Waals surface area contributed by atoms with Gasteiger partial charge >= 0.3 is 11.9 Å². The first-order valence-electron chi connectivity index (χ1n) is 8.70. The zero-order valence-corrected chi connectivity index (χ0v) is 16.4. The van der Waals surface area contributed by atoms with Crippen LogP contribution in [0.2, 0.25) is 0 Å². The lowest BCUT2D eigenvalue weighted by molar-refractivity contribution is -0.140. The van der Waals surface area contributed by atoms with Gasteiger partial charge in [0, 0.05) is 10.9 Å². The fourth-order valence-electron chi connectivity index (χ4n) is 2.87. The number of thiazole rings is 1. The maximum absolute atomic E-state index is 13.5. The molecule has 3 aromatic heterocycles. The van der Waals surface area contributed by atoms with Crippen LogP contribution in [-0.2, 0) is 17.4 Å². The first-order chi connectivity index (χ1) is 15.1. The minimum absolute atomic E-state index is 0.0211. The standard InChI is InChI=1S/C18H10F4N6O3S/c19-9-2-1-7(3-8(9)18(20,21)22)11-5-32-17(25-11)26-12(29)4-10-13-14(24-6-23-10)27-16(31)28-15(13)30/h1-3,5-6H,4H2,(H,25,26,29)(H2,23,24,27,28,30,31). The smallest absolute Gasteiger partial charge is 0.302 e. The normalized spacial score (nSPS) is 11.6. The monoisotopic (exact) mass is 466 g/mol. The molecule has 0 unspecified atom stereocenters. The fraction of sp³-hybridized carbons (Fsp3) is 0.111. The molecule has 0 aliphatic rings. The molecular formula is C18H10F4N6O3S. The van der Waals surface area contributed by atoms with E-state index in [0.29, 0.717) is 12.1 Å². The highest BCUT2D eigenvalue weighted by molar-refractivity contribution is 7.14. The molecule has 0 bridgehead atoms. The van der Waals surface area contributed by atoms with Gasteiger partial charge in [0.15, 0.2) is 10.8 Å². The number of halogens is 4. The summed E-state index contributed by atoms with van der Waals surface area (Å²) in [6.07, 6.45) is -4.15. The molecule has 164 valence electrons. The largest absolute Gasteiger partial charge is 0.419 e. The molecular weight excluding hydrogens is 456 g/mol. The van der Waals surface area contributed by atoms with Gasteiger partial charge in [-0.3, -0.25) is 19.6 Å². The van der Waals surface area contributed by atoms with Crippen molar-refractivity contribution in [2.24, 2.45) is 0 Å². The van der Waals surface area contributed by atoms with Crippen LogP contribution in [0.1, 0.15) is 11.3 Å². The van der Waals surface area contributed by atoms with E-state index in [2.05, 4.69) is 25.3 Å². The molecule has 1 amide bonds. The van der Waals surface area contributed by atoms with Crippen LogP contribution in [-0.4, -0.2) is 30.8 Å². The molecule has 0 fully saturated rings. The summed E-state index contributed by atoms with van der Waals surface area (Å²) in [7, 11) is 0. The van der Waals surface area contributed by atoms with Crippen LogP contribution in [0.15, 0.2) is 39.5 Å². The topological polar surface area (TPSA) is 133 Å². The average molecular weight is 466 g/mol. The van der Waals surface area contributed by atoms with Gasteiger partial charge in [-0.1, -0.05) is 0 Å². The predicted molar refractivity (Wildman–Crippen MR) is 106 cm³/mol. The number of aromatic amines is 2. The van der Waals surface area contributed by atoms with Crippen LogP contribution < -0.4 is 16.6 Å². The van der Waals surface area contributed by atoms with Gasteiger partial charge in [0.25, 0.3) is 5.56 Å². The molecule has 4 rings (SSSR count). The lowest BCUT2D eigenvalue weighted by atomic mass is 10.1. The highest BCUT2D eigenvalue weighted by Crippen LogP contribution is 2.35. The number of anilines is 1. The summed E-state index contributed by atoms with van der Waals surface area (Å²) in [6, 6.07) is 2.47. The number of hydrogen-bond donors (Lipinski definition) is 3. The molecule has 0 atom stereocenters. The molecule has 0 aliphatic heterocycles. The third kappa shape index (κ3) is 4.25. The van der Waals surface area contributed by atoms with E-state index in [4.69, 9.17) is 0 Å². The molecule has 14 heteroatoms. The number of hydrogen-bond acceptors (Lipinski definition) is 7. The third-order valence-electron chi connectivity index (χ3n) is 4.26. The molecule has 3 N–H and O–H groups in total. The van der Waals surface area contributed by atoms with Crippen molar-refractivity contribution in [1.82, 2.24) is 24.9 Å². The number of carbonyl (C=O) groups excluding carboxylic acids is 1. The lowest BCUT2D eigenvalue weighted by Gasteiger charge is -2.09. The van der Waals surface area contributed by atoms with Gasteiger partial charge in [-0.15, -0.1) is 11.3 Å². The van der Waals surface area contributed by atoms with E-state index < -0.39 is 34.7 Å². The first kappa shape index (κ1) is 21.3. The number of alkyl halides is 3. The first-order valence-corrected chi connectivity index (χ1v) is 9.58. The Morgan fingerprint density at radius 3 is 2.69 bits per heavy atom. The van der Waals surface area contributed by atoms with Gasteiger partial charge in [-0.25, -0.2) is 24.1 Å². The van der Waals surface area contributed by atoms with E-state index in [-0.39, 0.29) is 39.5 Å². The molecule has 3 heterocycles. The van der Waals surface area contributed by atoms with Crippen LogP contribution >= 0.6 is 11.3 Å². The summed E-state index contributed by atoms with van der Waals surface area (Å²) in [5.74, 6) is -2.02. The van der Waals surface area contributed by atoms with E-state index in [1.54, 1.807) is 0 Å². The molecule has 1 aromatic carbocycles. The van der Waals surface area contributed by atoms with Crippen molar-refractivity contribution >= 4 is 33.4 Å². The van der Waals surface area contributed by atoms with Gasteiger partial charge in [-0.05, 0) is 18.2 Å². The van der Waals surface area contributed by atoms with Crippen molar-refractivity contribution in [3.05, 3.63) is 67.8 Å². The number of aromatic nitrogens is 5. The van der Waals surface area contributed by atoms with E-state index in [1.165, 1.54) is 5.38 Å². The Morgan fingerprint density at radius 1 is 1.16 bits per heavy atom. The quantitative estimate of drug-likeness (QED) is 0.396. The Bertz CT molecular complexity index is 1460. The Labute approximate surface area is 178 Å². The molecule has 0 aliphatic carbocycles. The fourth-order valence-corrected chi connectivity index (χ4v) is 3.61. The predicted octanol–water partition coefficient (Wildman–Crippen LogP) is 2.47. The molecule has 4 aromatic rings. The number of nitrogens with one attached hydrogen (secondary N) is 3. The summed E-state index contributed by atoms with van der Waals surface area (Å²) < 4.78 is 52.2. The number of rotatable bonds is 4. The van der Waals surface area contributed by atoms with Crippen LogP contribution in [0.25, 0.3) is 22.3 Å². The minimum atomic E-state index is -4.87. The van der Waals surface area contributed by atoms with Crippen molar-refractivity contribution in [3.63, 3.8) is 0 Å². The zero-order chi connectivity index (χ0) is 23.0. The van der Waals surface area contributed by atoms with E-state index >= 15 is 0 Å². The van der Waals surface area contributed by atoms with Crippen molar-refractivity contribution < 1.29 is 22.4 Å². The van der Waals surface area contributed by atoms with Crippen molar-refractivity contribution in [2.75, 3.05) is 5.32 Å². The van der Waals surface area contributed by atoms with Crippen LogP contribution in [0.5, 0.6) is 0 Å². The van der Waals surface area contributed by atoms with E-state index in [9.17, 15) is 31.9 Å². The molecule has 32 heavy (non-hydrogen) atoms. The molecule has 0 saturated heterocycles. The molecule has 9 nitrogen and oxygen atoms in total. The lowest BCUT2D eigenvalue weighted by Crippen LogP contribution is -2.25. The number of carbonyl (C=O) groups is 1. The van der Waals surface area contributed by atoms with Gasteiger partial charge in [0.05, 0.1) is 23.4 Å². The summed E-state index contributed by atoms with van der Waals surface area (Å²) in [4.78, 5) is 51.9. The number of benzene rings is 1. The second-order valence-electron chi connectivity index (χ2n) is 6.41. The van der Waals surface area contributed by atoms with Crippen molar-refractivity contribution in [1.29, 1.82) is 0 Å².